The van der Waals surface area contributed by atoms with Gasteiger partial charge in [0.05, 0.1) is 12.9 Å². The molecule has 3 heterocycles. The van der Waals surface area contributed by atoms with Gasteiger partial charge >= 0.3 is 0 Å². The number of hydrogen-bond donors (Lipinski definition) is 5. The number of fused-ring (bicyclic) bond motifs is 1. The summed E-state index contributed by atoms with van der Waals surface area (Å²) < 4.78 is 7.12. The molecule has 2 aromatic heterocycles. The monoisotopic (exact) mass is 336 g/mol. The predicted octanol–water partition coefficient (Wildman–Crippen LogP) is -1.02. The van der Waals surface area contributed by atoms with Gasteiger partial charge in [0.2, 0.25) is 5.95 Å². The number of imidazole rings is 1. The molecule has 0 radical (unpaired) electrons. The van der Waals surface area contributed by atoms with Crippen LogP contribution in [0.5, 0.6) is 0 Å². The van der Waals surface area contributed by atoms with Gasteiger partial charge in [-0.2, -0.15) is 9.97 Å². The molecule has 4 rings (SSSR count). The fourth-order valence-corrected chi connectivity index (χ4v) is 3.02. The summed E-state index contributed by atoms with van der Waals surface area (Å²) in [5, 5.41) is 33.3. The lowest BCUT2D eigenvalue weighted by Gasteiger charge is -2.27. The highest BCUT2D eigenvalue weighted by atomic mass is 16.6. The minimum absolute atomic E-state index is 0.0734. The lowest BCUT2D eigenvalue weighted by atomic mass is 9.96. The number of nitrogens with one attached hydrogen (secondary N) is 1. The molecular formula is C14H20N6O4. The summed E-state index contributed by atoms with van der Waals surface area (Å²) in [5.74, 6) is 0.611. The molecule has 1 saturated carbocycles. The Kier molecular flexibility index (Phi) is 3.39. The highest BCUT2D eigenvalue weighted by Gasteiger charge is 2.53. The standard InChI is InChI=1S/C14H20N6O4/c1-14(23)9(22)7(4-21)24-12(14)20-5-16-8-10(17-6-2-3-6)18-13(15)19-11(8)20/h5-7,9,12,21-23H,2-4H2,1H3,(H3,15,17,18,19)/t7-,9+,12?,14?/m1/s1. The summed E-state index contributed by atoms with van der Waals surface area (Å²) in [7, 11) is 0. The van der Waals surface area contributed by atoms with Crippen LogP contribution in [0.1, 0.15) is 26.0 Å². The van der Waals surface area contributed by atoms with E-state index in [1.807, 2.05) is 0 Å². The summed E-state index contributed by atoms with van der Waals surface area (Å²) in [5.41, 5.74) is 5.08. The number of aliphatic hydroxyl groups excluding tert-OH is 2. The van der Waals surface area contributed by atoms with Crippen LogP contribution >= 0.6 is 0 Å². The zero-order chi connectivity index (χ0) is 17.1. The van der Waals surface area contributed by atoms with Gasteiger partial charge in [0.15, 0.2) is 23.2 Å². The van der Waals surface area contributed by atoms with Crippen molar-refractivity contribution in [3.63, 3.8) is 0 Å². The summed E-state index contributed by atoms with van der Waals surface area (Å²) in [4.78, 5) is 12.7. The van der Waals surface area contributed by atoms with Crippen molar-refractivity contribution in [2.75, 3.05) is 17.7 Å². The molecule has 24 heavy (non-hydrogen) atoms. The second-order valence-electron chi connectivity index (χ2n) is 6.55. The van der Waals surface area contributed by atoms with Gasteiger partial charge in [0, 0.05) is 6.04 Å². The Labute approximate surface area is 137 Å². The summed E-state index contributed by atoms with van der Waals surface area (Å²) >= 11 is 0. The zero-order valence-electron chi connectivity index (χ0n) is 13.1. The van der Waals surface area contributed by atoms with E-state index in [1.54, 1.807) is 0 Å². The molecule has 2 aliphatic rings. The number of rotatable bonds is 4. The molecule has 0 amide bonds. The minimum atomic E-state index is -1.62. The molecule has 0 bridgehead atoms. The van der Waals surface area contributed by atoms with Crippen molar-refractivity contribution in [3.05, 3.63) is 6.33 Å². The molecule has 1 saturated heterocycles. The van der Waals surface area contributed by atoms with Crippen LogP contribution in [0.3, 0.4) is 0 Å². The second-order valence-corrected chi connectivity index (χ2v) is 6.55. The first-order valence-corrected chi connectivity index (χ1v) is 7.85. The van der Waals surface area contributed by atoms with Crippen LogP contribution in [0.2, 0.25) is 0 Å². The van der Waals surface area contributed by atoms with E-state index in [2.05, 4.69) is 20.3 Å². The number of aliphatic hydroxyl groups is 3. The second kappa shape index (κ2) is 5.24. The Morgan fingerprint density at radius 1 is 1.46 bits per heavy atom. The van der Waals surface area contributed by atoms with Gasteiger partial charge in [0.1, 0.15) is 17.8 Å². The average Bonchev–Trinajstić information content (AvgIpc) is 3.20. The first-order valence-electron chi connectivity index (χ1n) is 7.85. The van der Waals surface area contributed by atoms with E-state index in [9.17, 15) is 15.3 Å². The summed E-state index contributed by atoms with van der Waals surface area (Å²) in [6.45, 7) is 1.03. The molecule has 6 N–H and O–H groups in total. The molecule has 10 heteroatoms. The molecule has 10 nitrogen and oxygen atoms in total. The predicted molar refractivity (Wildman–Crippen MR) is 84.0 cm³/mol. The van der Waals surface area contributed by atoms with Crippen molar-refractivity contribution in [1.82, 2.24) is 19.5 Å². The Morgan fingerprint density at radius 3 is 2.83 bits per heavy atom. The lowest BCUT2D eigenvalue weighted by molar-refractivity contribution is -0.0950. The maximum atomic E-state index is 10.6. The number of hydrogen-bond acceptors (Lipinski definition) is 9. The van der Waals surface area contributed by atoms with Crippen molar-refractivity contribution >= 4 is 22.9 Å². The normalized spacial score (nSPS) is 33.2. The molecule has 0 spiro atoms. The van der Waals surface area contributed by atoms with Gasteiger partial charge in [-0.3, -0.25) is 4.57 Å². The van der Waals surface area contributed by atoms with Crippen LogP contribution in [0.15, 0.2) is 6.33 Å². The van der Waals surface area contributed by atoms with Crippen LogP contribution in [0, 0.1) is 0 Å². The van der Waals surface area contributed by atoms with Crippen LogP contribution < -0.4 is 11.1 Å². The number of nitrogens with two attached hydrogens (primary N) is 1. The molecule has 4 atom stereocenters. The lowest BCUT2D eigenvalue weighted by Crippen LogP contribution is -2.44. The van der Waals surface area contributed by atoms with Gasteiger partial charge < -0.3 is 31.1 Å². The Balaban J connectivity index is 1.78. The first kappa shape index (κ1) is 15.5. The fourth-order valence-electron chi connectivity index (χ4n) is 3.02. The van der Waals surface area contributed by atoms with E-state index in [4.69, 9.17) is 10.5 Å². The SMILES string of the molecule is CC1(O)C(n2cnc3c(NC4CC4)nc(N)nc32)O[C@H](CO)[C@@H]1O. The van der Waals surface area contributed by atoms with E-state index >= 15 is 0 Å². The van der Waals surface area contributed by atoms with E-state index in [0.717, 1.165) is 12.8 Å². The van der Waals surface area contributed by atoms with Gasteiger partial charge in [-0.05, 0) is 19.8 Å². The highest BCUT2D eigenvalue weighted by Crippen LogP contribution is 2.40. The summed E-state index contributed by atoms with van der Waals surface area (Å²) in [6.07, 6.45) is 0.493. The number of anilines is 2. The topological polar surface area (TPSA) is 152 Å². The number of aromatic nitrogens is 4. The maximum absolute atomic E-state index is 10.6. The van der Waals surface area contributed by atoms with Gasteiger partial charge in [-0.25, -0.2) is 4.98 Å². The minimum Gasteiger partial charge on any atom is -0.394 e. The first-order chi connectivity index (χ1) is 11.4. The third kappa shape index (κ3) is 2.30. The number of ether oxygens (including phenoxy) is 1. The third-order valence-electron chi connectivity index (χ3n) is 4.54. The smallest absolute Gasteiger partial charge is 0.224 e. The molecule has 1 aliphatic carbocycles. The van der Waals surface area contributed by atoms with Crippen LogP contribution in [0.25, 0.3) is 11.2 Å². The van der Waals surface area contributed by atoms with Crippen molar-refractivity contribution in [2.45, 2.75) is 49.8 Å². The van der Waals surface area contributed by atoms with E-state index in [0.29, 0.717) is 23.0 Å². The van der Waals surface area contributed by atoms with Gasteiger partial charge in [-0.15, -0.1) is 0 Å². The Hall–Kier alpha value is -2.01. The Bertz CT molecular complexity index is 774. The van der Waals surface area contributed by atoms with Crippen LogP contribution in [-0.4, -0.2) is 65.3 Å². The molecule has 2 aromatic rings. The van der Waals surface area contributed by atoms with Crippen molar-refractivity contribution in [3.8, 4) is 0 Å². The molecule has 130 valence electrons. The number of nitrogens with zero attached hydrogens (tertiary/aromatic N) is 4. The zero-order valence-corrected chi connectivity index (χ0v) is 13.1. The maximum Gasteiger partial charge on any atom is 0.224 e. The van der Waals surface area contributed by atoms with Crippen LogP contribution in [-0.2, 0) is 4.74 Å². The molecule has 1 aliphatic heterocycles. The third-order valence-corrected chi connectivity index (χ3v) is 4.54. The number of nitrogen functional groups attached to an aromatic ring is 1. The van der Waals surface area contributed by atoms with E-state index in [-0.39, 0.29) is 5.95 Å². The van der Waals surface area contributed by atoms with Crippen molar-refractivity contribution in [1.29, 1.82) is 0 Å². The van der Waals surface area contributed by atoms with Crippen LogP contribution in [0.4, 0.5) is 11.8 Å². The average molecular weight is 336 g/mol. The quantitative estimate of drug-likeness (QED) is 0.472. The van der Waals surface area contributed by atoms with Gasteiger partial charge in [-0.1, -0.05) is 0 Å². The van der Waals surface area contributed by atoms with E-state index in [1.165, 1.54) is 17.8 Å². The molecule has 2 fully saturated rings. The Morgan fingerprint density at radius 2 is 2.21 bits per heavy atom. The van der Waals surface area contributed by atoms with Gasteiger partial charge in [0.25, 0.3) is 0 Å². The van der Waals surface area contributed by atoms with Crippen molar-refractivity contribution < 1.29 is 20.1 Å². The van der Waals surface area contributed by atoms with E-state index < -0.39 is 30.6 Å². The largest absolute Gasteiger partial charge is 0.394 e. The van der Waals surface area contributed by atoms with Crippen molar-refractivity contribution in [2.24, 2.45) is 0 Å². The molecule has 2 unspecified atom stereocenters. The molecule has 0 aromatic carbocycles. The molecular weight excluding hydrogens is 316 g/mol. The summed E-state index contributed by atoms with van der Waals surface area (Å²) in [6, 6.07) is 0.360. The highest BCUT2D eigenvalue weighted by molar-refractivity contribution is 5.84. The fraction of sp³-hybridized carbons (Fsp3) is 0.643.